The number of H-pyrrole nitrogens is 1. The molecule has 0 saturated carbocycles. The topological polar surface area (TPSA) is 104 Å². The largest absolute Gasteiger partial charge is 0.481 e. The Morgan fingerprint density at radius 1 is 1.37 bits per heavy atom. The first-order valence-corrected chi connectivity index (χ1v) is 5.33. The Kier molecular flexibility index (Phi) is 2.56. The Morgan fingerprint density at radius 3 is 3.00 bits per heavy atom. The molecule has 3 aromatic rings. The molecular formula is C10H9N7O2. The summed E-state index contributed by atoms with van der Waals surface area (Å²) in [7, 11) is 1.49. The third kappa shape index (κ3) is 1.86. The Hall–Kier alpha value is -2.97. The summed E-state index contributed by atoms with van der Waals surface area (Å²) < 4.78 is 7.62. The average molecular weight is 259 g/mol. The standard InChI is InChI=1S/C10H9N7O2/c1-19-9-4-8(11-6-12-9)17-10(18)7(5-14-17)16-3-2-13-15-16/h2-6,14H,1H3. The molecule has 0 aliphatic heterocycles. The monoisotopic (exact) mass is 259 g/mol. The van der Waals surface area contributed by atoms with Gasteiger partial charge in [0.25, 0.3) is 5.56 Å². The fraction of sp³-hybridized carbons (Fsp3) is 0.100. The zero-order valence-electron chi connectivity index (χ0n) is 9.89. The van der Waals surface area contributed by atoms with Crippen molar-refractivity contribution in [2.45, 2.75) is 0 Å². The number of rotatable bonds is 3. The van der Waals surface area contributed by atoms with E-state index in [1.54, 1.807) is 12.3 Å². The van der Waals surface area contributed by atoms with Crippen molar-refractivity contribution in [3.8, 4) is 17.4 Å². The molecule has 3 rings (SSSR count). The number of nitrogens with zero attached hydrogens (tertiary/aromatic N) is 6. The number of aromatic nitrogens is 7. The molecule has 0 amide bonds. The highest BCUT2D eigenvalue weighted by Crippen LogP contribution is 2.08. The van der Waals surface area contributed by atoms with Gasteiger partial charge in [0, 0.05) is 6.07 Å². The molecule has 0 fully saturated rings. The summed E-state index contributed by atoms with van der Waals surface area (Å²) in [5, 5.41) is 10.2. The first kappa shape index (κ1) is 11.1. The molecule has 0 saturated heterocycles. The zero-order chi connectivity index (χ0) is 13.2. The lowest BCUT2D eigenvalue weighted by Gasteiger charge is -2.01. The van der Waals surface area contributed by atoms with Gasteiger partial charge >= 0.3 is 0 Å². The second-order valence-corrected chi connectivity index (χ2v) is 3.57. The van der Waals surface area contributed by atoms with Gasteiger partial charge in [-0.15, -0.1) is 5.10 Å². The summed E-state index contributed by atoms with van der Waals surface area (Å²) >= 11 is 0. The van der Waals surface area contributed by atoms with Crippen LogP contribution in [0.25, 0.3) is 11.5 Å². The number of hydrogen-bond donors (Lipinski definition) is 1. The van der Waals surface area contributed by atoms with Crippen molar-refractivity contribution in [2.75, 3.05) is 7.11 Å². The SMILES string of the molecule is COc1cc(-n2[nH]cc(-n3ccnn3)c2=O)ncn1. The Balaban J connectivity index is 2.09. The molecule has 3 heterocycles. The van der Waals surface area contributed by atoms with Gasteiger partial charge in [-0.1, -0.05) is 5.21 Å². The second kappa shape index (κ2) is 4.37. The van der Waals surface area contributed by atoms with Crippen molar-refractivity contribution < 1.29 is 4.74 Å². The predicted octanol–water partition coefficient (Wildman–Crippen LogP) is -0.455. The Bertz CT molecular complexity index is 743. The highest BCUT2D eigenvalue weighted by molar-refractivity contribution is 5.31. The number of nitrogens with one attached hydrogen (secondary N) is 1. The van der Waals surface area contributed by atoms with Crippen molar-refractivity contribution in [3.05, 3.63) is 41.3 Å². The highest BCUT2D eigenvalue weighted by atomic mass is 16.5. The van der Waals surface area contributed by atoms with E-state index in [1.807, 2.05) is 0 Å². The molecular weight excluding hydrogens is 250 g/mol. The molecule has 0 radical (unpaired) electrons. The molecule has 96 valence electrons. The molecule has 3 aromatic heterocycles. The van der Waals surface area contributed by atoms with E-state index < -0.39 is 0 Å². The van der Waals surface area contributed by atoms with Gasteiger partial charge in [-0.2, -0.15) is 4.68 Å². The molecule has 9 heteroatoms. The lowest BCUT2D eigenvalue weighted by molar-refractivity contribution is 0.396. The van der Waals surface area contributed by atoms with Gasteiger partial charge in [0.05, 0.1) is 25.7 Å². The third-order valence-electron chi connectivity index (χ3n) is 2.49. The smallest absolute Gasteiger partial charge is 0.298 e. The van der Waals surface area contributed by atoms with Crippen LogP contribution in [0.3, 0.4) is 0 Å². The molecule has 0 spiro atoms. The van der Waals surface area contributed by atoms with E-state index in [4.69, 9.17) is 4.74 Å². The number of hydrogen-bond acceptors (Lipinski definition) is 6. The fourth-order valence-electron chi connectivity index (χ4n) is 1.60. The minimum absolute atomic E-state index is 0.300. The first-order chi connectivity index (χ1) is 9.29. The van der Waals surface area contributed by atoms with Crippen LogP contribution in [-0.2, 0) is 0 Å². The number of ether oxygens (including phenoxy) is 1. The number of aromatic amines is 1. The molecule has 9 nitrogen and oxygen atoms in total. The van der Waals surface area contributed by atoms with Crippen LogP contribution >= 0.6 is 0 Å². The summed E-state index contributed by atoms with van der Waals surface area (Å²) in [6.45, 7) is 0. The summed E-state index contributed by atoms with van der Waals surface area (Å²) in [5.41, 5.74) is 0.0429. The van der Waals surface area contributed by atoms with E-state index in [2.05, 4.69) is 25.4 Å². The molecule has 0 unspecified atom stereocenters. The van der Waals surface area contributed by atoms with Crippen LogP contribution in [0.1, 0.15) is 0 Å². The molecule has 0 bridgehead atoms. The molecule has 0 atom stereocenters. The van der Waals surface area contributed by atoms with Gasteiger partial charge in [0.15, 0.2) is 11.5 Å². The maximum Gasteiger partial charge on any atom is 0.298 e. The minimum atomic E-state index is -0.300. The molecule has 19 heavy (non-hydrogen) atoms. The average Bonchev–Trinajstić information content (AvgIpc) is 3.08. The third-order valence-corrected chi connectivity index (χ3v) is 2.49. The lowest BCUT2D eigenvalue weighted by Crippen LogP contribution is -2.19. The van der Waals surface area contributed by atoms with Gasteiger partial charge in [0.1, 0.15) is 6.33 Å². The van der Waals surface area contributed by atoms with Crippen LogP contribution in [-0.4, -0.2) is 41.9 Å². The van der Waals surface area contributed by atoms with E-state index in [-0.39, 0.29) is 5.56 Å². The molecule has 0 aliphatic carbocycles. The minimum Gasteiger partial charge on any atom is -0.481 e. The number of methoxy groups -OCH3 is 1. The Morgan fingerprint density at radius 2 is 2.26 bits per heavy atom. The van der Waals surface area contributed by atoms with E-state index in [1.165, 1.54) is 35.2 Å². The molecule has 1 N–H and O–H groups in total. The van der Waals surface area contributed by atoms with Crippen LogP contribution in [0, 0.1) is 0 Å². The summed E-state index contributed by atoms with van der Waals surface area (Å²) in [6.07, 6.45) is 5.90. The summed E-state index contributed by atoms with van der Waals surface area (Å²) in [5.74, 6) is 0.747. The lowest BCUT2D eigenvalue weighted by atomic mass is 10.5. The first-order valence-electron chi connectivity index (χ1n) is 5.33. The fourth-order valence-corrected chi connectivity index (χ4v) is 1.60. The maximum absolute atomic E-state index is 12.2. The molecule has 0 aliphatic rings. The summed E-state index contributed by atoms with van der Waals surface area (Å²) in [6, 6.07) is 1.54. The van der Waals surface area contributed by atoms with E-state index in [0.717, 1.165) is 0 Å². The predicted molar refractivity (Wildman–Crippen MR) is 63.4 cm³/mol. The zero-order valence-corrected chi connectivity index (χ0v) is 9.89. The quantitative estimate of drug-likeness (QED) is 0.683. The van der Waals surface area contributed by atoms with Gasteiger partial charge in [-0.05, 0) is 0 Å². The van der Waals surface area contributed by atoms with Crippen molar-refractivity contribution >= 4 is 0 Å². The van der Waals surface area contributed by atoms with Crippen LogP contribution < -0.4 is 10.3 Å². The van der Waals surface area contributed by atoms with Crippen LogP contribution in [0.5, 0.6) is 5.88 Å². The Labute approximate surface area is 106 Å². The van der Waals surface area contributed by atoms with Crippen molar-refractivity contribution in [2.24, 2.45) is 0 Å². The van der Waals surface area contributed by atoms with Crippen LogP contribution in [0.4, 0.5) is 0 Å². The van der Waals surface area contributed by atoms with Crippen LogP contribution in [0.2, 0.25) is 0 Å². The normalized spacial score (nSPS) is 10.6. The second-order valence-electron chi connectivity index (χ2n) is 3.57. The van der Waals surface area contributed by atoms with Gasteiger partial charge in [0.2, 0.25) is 5.88 Å². The van der Waals surface area contributed by atoms with E-state index in [9.17, 15) is 4.79 Å². The van der Waals surface area contributed by atoms with Crippen molar-refractivity contribution in [3.63, 3.8) is 0 Å². The van der Waals surface area contributed by atoms with Crippen LogP contribution in [0.15, 0.2) is 35.8 Å². The highest BCUT2D eigenvalue weighted by Gasteiger charge is 2.11. The molecule has 0 aromatic carbocycles. The van der Waals surface area contributed by atoms with Gasteiger partial charge in [-0.3, -0.25) is 9.89 Å². The van der Waals surface area contributed by atoms with E-state index >= 15 is 0 Å². The van der Waals surface area contributed by atoms with E-state index in [0.29, 0.717) is 17.4 Å². The van der Waals surface area contributed by atoms with Gasteiger partial charge in [-0.25, -0.2) is 14.6 Å². The van der Waals surface area contributed by atoms with Crippen molar-refractivity contribution in [1.82, 2.24) is 34.7 Å². The van der Waals surface area contributed by atoms with Gasteiger partial charge < -0.3 is 4.74 Å². The summed E-state index contributed by atoms with van der Waals surface area (Å²) in [4.78, 5) is 20.1. The maximum atomic E-state index is 12.2. The van der Waals surface area contributed by atoms with Crippen molar-refractivity contribution in [1.29, 1.82) is 0 Å².